The molecule has 1 N–H and O–H groups in total. The Morgan fingerprint density at radius 3 is 2.72 bits per heavy atom. The molecule has 0 aliphatic carbocycles. The van der Waals surface area contributed by atoms with E-state index in [1.165, 1.54) is 0 Å². The quantitative estimate of drug-likeness (QED) is 0.861. The Hall–Kier alpha value is -2.02. The summed E-state index contributed by atoms with van der Waals surface area (Å²) in [7, 11) is 1.64. The average molecular weight is 245 g/mol. The van der Waals surface area contributed by atoms with E-state index in [4.69, 9.17) is 5.26 Å². The lowest BCUT2D eigenvalue weighted by molar-refractivity contribution is -0.119. The van der Waals surface area contributed by atoms with Crippen molar-refractivity contribution in [1.82, 2.24) is 5.32 Å². The first-order valence-corrected chi connectivity index (χ1v) is 6.08. The van der Waals surface area contributed by atoms with Gasteiger partial charge in [0, 0.05) is 19.3 Å². The van der Waals surface area contributed by atoms with Crippen molar-refractivity contribution in [2.75, 3.05) is 25.0 Å². The van der Waals surface area contributed by atoms with Crippen molar-refractivity contribution in [1.29, 1.82) is 5.26 Å². The van der Waals surface area contributed by atoms with Crippen molar-refractivity contribution < 1.29 is 4.79 Å². The smallest absolute Gasteiger partial charge is 0.239 e. The molecule has 1 aromatic rings. The maximum absolute atomic E-state index is 11.5. The monoisotopic (exact) mass is 245 g/mol. The number of aryl methyl sites for hydroxylation is 1. The van der Waals surface area contributed by atoms with Crippen LogP contribution in [-0.4, -0.2) is 26.0 Å². The van der Waals surface area contributed by atoms with Crippen molar-refractivity contribution in [3.05, 3.63) is 29.3 Å². The normalized spacial score (nSPS) is 9.67. The molecule has 0 aliphatic heterocycles. The van der Waals surface area contributed by atoms with Crippen LogP contribution in [0.5, 0.6) is 0 Å². The van der Waals surface area contributed by atoms with Crippen LogP contribution >= 0.6 is 0 Å². The summed E-state index contributed by atoms with van der Waals surface area (Å²) in [5.41, 5.74) is 2.68. The number of nitriles is 1. The first-order chi connectivity index (χ1) is 8.62. The Bertz CT molecular complexity index is 463. The van der Waals surface area contributed by atoms with E-state index >= 15 is 0 Å². The van der Waals surface area contributed by atoms with Crippen LogP contribution < -0.4 is 10.2 Å². The van der Waals surface area contributed by atoms with Gasteiger partial charge in [-0.05, 0) is 37.1 Å². The predicted octanol–water partition coefficient (Wildman–Crippen LogP) is 1.83. The van der Waals surface area contributed by atoms with Crippen LogP contribution in [0.25, 0.3) is 0 Å². The molecule has 0 spiro atoms. The van der Waals surface area contributed by atoms with Crippen LogP contribution in [0, 0.1) is 18.3 Å². The van der Waals surface area contributed by atoms with Gasteiger partial charge in [-0.15, -0.1) is 0 Å². The van der Waals surface area contributed by atoms with E-state index in [1.54, 1.807) is 13.1 Å². The minimum absolute atomic E-state index is 0.00721. The number of hydrogen-bond acceptors (Lipinski definition) is 3. The molecule has 4 nitrogen and oxygen atoms in total. The molecule has 0 atom stereocenters. The molecule has 96 valence electrons. The van der Waals surface area contributed by atoms with Gasteiger partial charge in [-0.2, -0.15) is 5.26 Å². The fourth-order valence-electron chi connectivity index (χ4n) is 1.89. The second-order valence-electron chi connectivity index (χ2n) is 4.21. The second-order valence-corrected chi connectivity index (χ2v) is 4.21. The lowest BCUT2D eigenvalue weighted by Gasteiger charge is -2.25. The number of carbonyl (C=O) groups excluding carboxylic acids is 1. The van der Waals surface area contributed by atoms with Gasteiger partial charge in [0.15, 0.2) is 0 Å². The van der Waals surface area contributed by atoms with Gasteiger partial charge in [-0.3, -0.25) is 4.79 Å². The molecule has 0 aliphatic rings. The lowest BCUT2D eigenvalue weighted by Crippen LogP contribution is -2.36. The molecule has 0 saturated carbocycles. The number of nitrogens with one attached hydrogen (secondary N) is 1. The van der Waals surface area contributed by atoms with E-state index in [9.17, 15) is 4.79 Å². The molecule has 0 saturated heterocycles. The first-order valence-electron chi connectivity index (χ1n) is 6.08. The lowest BCUT2D eigenvalue weighted by atomic mass is 10.1. The van der Waals surface area contributed by atoms with Crippen molar-refractivity contribution in [3.8, 4) is 6.07 Å². The zero-order valence-corrected chi connectivity index (χ0v) is 11.2. The van der Waals surface area contributed by atoms with Crippen molar-refractivity contribution in [2.24, 2.45) is 0 Å². The molecule has 0 fully saturated rings. The molecule has 1 aromatic carbocycles. The molecular weight excluding hydrogens is 226 g/mol. The third kappa shape index (κ3) is 3.49. The fourth-order valence-corrected chi connectivity index (χ4v) is 1.89. The Balaban J connectivity index is 2.98. The van der Waals surface area contributed by atoms with E-state index < -0.39 is 0 Å². The van der Waals surface area contributed by atoms with Crippen LogP contribution in [0.1, 0.15) is 24.5 Å². The Morgan fingerprint density at radius 1 is 1.50 bits per heavy atom. The number of rotatable bonds is 5. The highest BCUT2D eigenvalue weighted by Gasteiger charge is 2.12. The van der Waals surface area contributed by atoms with Crippen molar-refractivity contribution >= 4 is 11.6 Å². The molecule has 0 bridgehead atoms. The van der Waals surface area contributed by atoms with E-state index in [-0.39, 0.29) is 5.91 Å². The highest BCUT2D eigenvalue weighted by atomic mass is 16.1. The Labute approximate surface area is 108 Å². The second kappa shape index (κ2) is 6.65. The van der Waals surface area contributed by atoms with Gasteiger partial charge in [-0.25, -0.2) is 0 Å². The Morgan fingerprint density at radius 2 is 2.22 bits per heavy atom. The maximum atomic E-state index is 11.5. The van der Waals surface area contributed by atoms with Gasteiger partial charge in [-0.1, -0.05) is 6.92 Å². The summed E-state index contributed by atoms with van der Waals surface area (Å²) < 4.78 is 0. The summed E-state index contributed by atoms with van der Waals surface area (Å²) in [6, 6.07) is 7.66. The molecule has 18 heavy (non-hydrogen) atoms. The zero-order chi connectivity index (χ0) is 13.5. The van der Waals surface area contributed by atoms with Gasteiger partial charge in [0.25, 0.3) is 0 Å². The summed E-state index contributed by atoms with van der Waals surface area (Å²) in [6.07, 6.45) is 0.969. The minimum Gasteiger partial charge on any atom is -0.362 e. The SMILES string of the molecule is CCCN(CC(=O)NC)c1ccc(C#N)cc1C. The van der Waals surface area contributed by atoms with Gasteiger partial charge >= 0.3 is 0 Å². The number of benzene rings is 1. The third-order valence-corrected chi connectivity index (χ3v) is 2.77. The number of anilines is 1. The first kappa shape index (κ1) is 14.0. The van der Waals surface area contributed by atoms with Crippen LogP contribution in [0.2, 0.25) is 0 Å². The third-order valence-electron chi connectivity index (χ3n) is 2.77. The molecule has 0 unspecified atom stereocenters. The average Bonchev–Trinajstić information content (AvgIpc) is 2.38. The van der Waals surface area contributed by atoms with E-state index in [0.29, 0.717) is 12.1 Å². The maximum Gasteiger partial charge on any atom is 0.239 e. The number of carbonyl (C=O) groups is 1. The molecule has 1 rings (SSSR count). The van der Waals surface area contributed by atoms with Gasteiger partial charge in [0.2, 0.25) is 5.91 Å². The largest absolute Gasteiger partial charge is 0.362 e. The van der Waals surface area contributed by atoms with Crippen molar-refractivity contribution in [2.45, 2.75) is 20.3 Å². The standard InChI is InChI=1S/C14H19N3O/c1-4-7-17(10-14(18)16-3)13-6-5-12(9-15)8-11(13)2/h5-6,8H,4,7,10H2,1-3H3,(H,16,18). The summed E-state index contributed by atoms with van der Waals surface area (Å²) in [5.74, 6) is -0.00721. The van der Waals surface area contributed by atoms with E-state index in [2.05, 4.69) is 18.3 Å². The molecular formula is C14H19N3O. The summed E-state index contributed by atoms with van der Waals surface area (Å²) in [4.78, 5) is 13.5. The van der Waals surface area contributed by atoms with E-state index in [0.717, 1.165) is 24.2 Å². The van der Waals surface area contributed by atoms with E-state index in [1.807, 2.05) is 24.0 Å². The van der Waals surface area contributed by atoms with Crippen LogP contribution in [-0.2, 0) is 4.79 Å². The fraction of sp³-hybridized carbons (Fsp3) is 0.429. The molecule has 0 radical (unpaired) electrons. The van der Waals surface area contributed by atoms with Crippen LogP contribution in [0.15, 0.2) is 18.2 Å². The van der Waals surface area contributed by atoms with Gasteiger partial charge in [0.1, 0.15) is 0 Å². The summed E-state index contributed by atoms with van der Waals surface area (Å²) >= 11 is 0. The Kier molecular flexibility index (Phi) is 5.19. The van der Waals surface area contributed by atoms with Gasteiger partial charge < -0.3 is 10.2 Å². The van der Waals surface area contributed by atoms with Crippen LogP contribution in [0.4, 0.5) is 5.69 Å². The number of likely N-dealkylation sites (N-methyl/N-ethyl adjacent to an activating group) is 1. The molecule has 4 heteroatoms. The zero-order valence-electron chi connectivity index (χ0n) is 11.2. The molecule has 0 aromatic heterocycles. The van der Waals surface area contributed by atoms with Gasteiger partial charge in [0.05, 0.1) is 18.2 Å². The minimum atomic E-state index is -0.00721. The topological polar surface area (TPSA) is 56.1 Å². The number of hydrogen-bond donors (Lipinski definition) is 1. The number of amides is 1. The highest BCUT2D eigenvalue weighted by molar-refractivity contribution is 5.81. The summed E-state index contributed by atoms with van der Waals surface area (Å²) in [6.45, 7) is 5.20. The van der Waals surface area contributed by atoms with Crippen molar-refractivity contribution in [3.63, 3.8) is 0 Å². The molecule has 1 amide bonds. The highest BCUT2D eigenvalue weighted by Crippen LogP contribution is 2.21. The number of nitrogens with zero attached hydrogens (tertiary/aromatic N) is 2. The summed E-state index contributed by atoms with van der Waals surface area (Å²) in [5, 5.41) is 11.5. The van der Waals surface area contributed by atoms with Crippen LogP contribution in [0.3, 0.4) is 0 Å². The predicted molar refractivity (Wildman–Crippen MR) is 72.5 cm³/mol. The molecule has 0 heterocycles.